The van der Waals surface area contributed by atoms with Gasteiger partial charge in [-0.15, -0.1) is 0 Å². The molecule has 0 unspecified atom stereocenters. The van der Waals surface area contributed by atoms with Gasteiger partial charge in [-0.25, -0.2) is 14.0 Å². The number of carbonyl (C=O) groups excluding carboxylic acids is 3. The molecule has 0 spiro atoms. The second-order valence-corrected chi connectivity index (χ2v) is 6.48. The zero-order valence-corrected chi connectivity index (χ0v) is 16.6. The largest absolute Gasteiger partial charge is 0.427 e. The highest BCUT2D eigenvalue weighted by molar-refractivity contribution is 6.07. The van der Waals surface area contributed by atoms with E-state index in [9.17, 15) is 31.9 Å². The van der Waals surface area contributed by atoms with E-state index in [1.165, 1.54) is 6.07 Å². The summed E-state index contributed by atoms with van der Waals surface area (Å²) in [6, 6.07) is 6.25. The summed E-state index contributed by atoms with van der Waals surface area (Å²) in [7, 11) is 0. The minimum atomic E-state index is -4.52. The molecular formula is C20H16F4N4O5. The van der Waals surface area contributed by atoms with E-state index in [2.05, 4.69) is 15.4 Å². The van der Waals surface area contributed by atoms with Gasteiger partial charge in [-0.3, -0.25) is 9.36 Å². The zero-order valence-electron chi connectivity index (χ0n) is 16.6. The fourth-order valence-electron chi connectivity index (χ4n) is 2.75. The molecule has 3 aromatic rings. The first-order valence-corrected chi connectivity index (χ1v) is 9.17. The quantitative estimate of drug-likeness (QED) is 0.297. The third-order valence-electron chi connectivity index (χ3n) is 4.25. The van der Waals surface area contributed by atoms with Crippen molar-refractivity contribution in [2.75, 3.05) is 24.0 Å². The number of halogens is 4. The van der Waals surface area contributed by atoms with Crippen molar-refractivity contribution in [1.82, 2.24) is 4.57 Å². The molecule has 0 saturated carbocycles. The Labute approximate surface area is 183 Å². The van der Waals surface area contributed by atoms with Crippen molar-refractivity contribution < 1.29 is 41.4 Å². The molecule has 0 fully saturated rings. The van der Waals surface area contributed by atoms with E-state index in [1.54, 1.807) is 0 Å². The van der Waals surface area contributed by atoms with Crippen LogP contribution in [-0.4, -0.2) is 36.0 Å². The topological polar surface area (TPSA) is 125 Å². The van der Waals surface area contributed by atoms with Crippen LogP contribution in [0.2, 0.25) is 0 Å². The molecule has 1 aromatic heterocycles. The molecule has 2 aromatic carbocycles. The third-order valence-corrected chi connectivity index (χ3v) is 4.25. The average molecular weight is 468 g/mol. The number of alkyl halides is 3. The number of fused-ring (bicyclic) bond motifs is 1. The van der Waals surface area contributed by atoms with E-state index in [4.69, 9.17) is 10.5 Å². The summed E-state index contributed by atoms with van der Waals surface area (Å²) in [6.07, 6.45) is -4.37. The monoisotopic (exact) mass is 468 g/mol. The normalized spacial score (nSPS) is 11.2. The molecule has 0 atom stereocenters. The van der Waals surface area contributed by atoms with Gasteiger partial charge in [-0.05, 0) is 42.5 Å². The van der Waals surface area contributed by atoms with Crippen molar-refractivity contribution in [3.8, 4) is 0 Å². The standard InChI is InChI=1S/C20H16F4N4O5/c21-12-3-6-16-14(7-12)15(9-28(16)19(31)33-10-32-17(29)8-25)27-18(30)26-13-4-1-11(2-5-13)20(22,23)24/h1-7,9H,8,10,25H2,(H2,26,27,30). The van der Waals surface area contributed by atoms with Crippen LogP contribution in [0.5, 0.6) is 0 Å². The van der Waals surface area contributed by atoms with Crippen LogP contribution in [0.1, 0.15) is 5.56 Å². The summed E-state index contributed by atoms with van der Waals surface area (Å²) in [4.78, 5) is 35.7. The second kappa shape index (κ2) is 9.56. The van der Waals surface area contributed by atoms with Gasteiger partial charge in [-0.2, -0.15) is 13.2 Å². The van der Waals surface area contributed by atoms with Crippen LogP contribution in [0.4, 0.5) is 38.5 Å². The van der Waals surface area contributed by atoms with Gasteiger partial charge in [0.1, 0.15) is 5.82 Å². The van der Waals surface area contributed by atoms with Gasteiger partial charge in [0.25, 0.3) is 0 Å². The molecule has 2 amide bonds. The van der Waals surface area contributed by atoms with E-state index in [1.807, 2.05) is 0 Å². The first-order valence-electron chi connectivity index (χ1n) is 9.17. The van der Waals surface area contributed by atoms with Gasteiger partial charge in [0, 0.05) is 17.3 Å². The van der Waals surface area contributed by atoms with Gasteiger partial charge in [0.05, 0.1) is 23.3 Å². The van der Waals surface area contributed by atoms with Crippen LogP contribution in [0, 0.1) is 5.82 Å². The Morgan fingerprint density at radius 1 is 1.00 bits per heavy atom. The highest BCUT2D eigenvalue weighted by Gasteiger charge is 2.30. The van der Waals surface area contributed by atoms with Gasteiger partial charge < -0.3 is 25.8 Å². The lowest BCUT2D eigenvalue weighted by atomic mass is 10.2. The van der Waals surface area contributed by atoms with Crippen molar-refractivity contribution in [2.24, 2.45) is 5.73 Å². The third kappa shape index (κ3) is 5.77. The van der Waals surface area contributed by atoms with E-state index in [0.29, 0.717) is 0 Å². The van der Waals surface area contributed by atoms with Gasteiger partial charge in [-0.1, -0.05) is 0 Å². The Hall–Kier alpha value is -4.13. The molecule has 9 nitrogen and oxygen atoms in total. The van der Waals surface area contributed by atoms with Crippen LogP contribution in [0.3, 0.4) is 0 Å². The Morgan fingerprint density at radius 3 is 2.33 bits per heavy atom. The number of amides is 2. The molecule has 1 heterocycles. The number of benzene rings is 2. The summed E-state index contributed by atoms with van der Waals surface area (Å²) in [5.41, 5.74) is 4.42. The van der Waals surface area contributed by atoms with Crippen LogP contribution in [0.25, 0.3) is 10.9 Å². The van der Waals surface area contributed by atoms with Gasteiger partial charge in [0.2, 0.25) is 6.79 Å². The molecule has 0 radical (unpaired) electrons. The number of nitrogens with zero attached hydrogens (tertiary/aromatic N) is 1. The Bertz CT molecular complexity index is 1190. The zero-order chi connectivity index (χ0) is 24.2. The van der Waals surface area contributed by atoms with Crippen LogP contribution in [0.15, 0.2) is 48.7 Å². The summed E-state index contributed by atoms with van der Waals surface area (Å²) in [5.74, 6) is -1.46. The number of carbonyl (C=O) groups is 3. The van der Waals surface area contributed by atoms with Crippen LogP contribution in [-0.2, 0) is 20.4 Å². The fourth-order valence-corrected chi connectivity index (χ4v) is 2.75. The highest BCUT2D eigenvalue weighted by atomic mass is 19.4. The Morgan fingerprint density at radius 2 is 1.70 bits per heavy atom. The molecule has 3 rings (SSSR count). The predicted molar refractivity (Wildman–Crippen MR) is 108 cm³/mol. The molecule has 0 aliphatic rings. The van der Waals surface area contributed by atoms with Crippen molar-refractivity contribution in [3.63, 3.8) is 0 Å². The minimum Gasteiger partial charge on any atom is -0.427 e. The van der Waals surface area contributed by atoms with E-state index < -0.39 is 49.0 Å². The Balaban J connectivity index is 1.77. The molecule has 33 heavy (non-hydrogen) atoms. The summed E-state index contributed by atoms with van der Waals surface area (Å²) >= 11 is 0. The van der Waals surface area contributed by atoms with Crippen molar-refractivity contribution >= 4 is 40.4 Å². The lowest BCUT2D eigenvalue weighted by molar-refractivity contribution is -0.150. The molecule has 4 N–H and O–H groups in total. The van der Waals surface area contributed by atoms with Crippen molar-refractivity contribution in [3.05, 3.63) is 60.0 Å². The summed E-state index contributed by atoms with van der Waals surface area (Å²) < 4.78 is 62.0. The number of aromatic nitrogens is 1. The molecule has 0 saturated heterocycles. The number of hydrogen-bond donors (Lipinski definition) is 3. The first kappa shape index (κ1) is 23.5. The predicted octanol–water partition coefficient (Wildman–Crippen LogP) is 3.89. The molecule has 174 valence electrons. The van der Waals surface area contributed by atoms with Gasteiger partial charge >= 0.3 is 24.3 Å². The average Bonchev–Trinajstić information content (AvgIpc) is 3.10. The van der Waals surface area contributed by atoms with E-state index >= 15 is 0 Å². The summed E-state index contributed by atoms with van der Waals surface area (Å²) in [5, 5.41) is 4.86. The molecule has 0 aliphatic carbocycles. The molecule has 0 aliphatic heterocycles. The molecule has 0 bridgehead atoms. The number of urea groups is 1. The van der Waals surface area contributed by atoms with Crippen LogP contribution < -0.4 is 16.4 Å². The van der Waals surface area contributed by atoms with Crippen molar-refractivity contribution in [1.29, 1.82) is 0 Å². The number of nitrogens with two attached hydrogens (primary N) is 1. The number of hydrogen-bond acceptors (Lipinski definition) is 6. The number of ether oxygens (including phenoxy) is 2. The lowest BCUT2D eigenvalue weighted by Crippen LogP contribution is -2.21. The molecular weight excluding hydrogens is 452 g/mol. The SMILES string of the molecule is NCC(=O)OCOC(=O)n1cc(NC(=O)Nc2ccc(C(F)(F)F)cc2)c2cc(F)ccc21. The summed E-state index contributed by atoms with van der Waals surface area (Å²) in [6.45, 7) is -1.13. The smallest absolute Gasteiger partial charge is 0.421 e. The van der Waals surface area contributed by atoms with Crippen molar-refractivity contribution in [2.45, 2.75) is 6.18 Å². The minimum absolute atomic E-state index is 0.00446. The second-order valence-electron chi connectivity index (χ2n) is 6.48. The number of esters is 1. The highest BCUT2D eigenvalue weighted by Crippen LogP contribution is 2.30. The van der Waals surface area contributed by atoms with E-state index in [-0.39, 0.29) is 22.3 Å². The Kier molecular flexibility index (Phi) is 6.82. The first-order chi connectivity index (χ1) is 15.6. The maximum absolute atomic E-state index is 13.8. The van der Waals surface area contributed by atoms with Crippen LogP contribution >= 0.6 is 0 Å². The van der Waals surface area contributed by atoms with E-state index in [0.717, 1.165) is 47.2 Å². The number of rotatable bonds is 5. The molecule has 13 heteroatoms. The maximum atomic E-state index is 13.8. The number of anilines is 2. The fraction of sp³-hybridized carbons (Fsp3) is 0.150. The number of nitrogens with one attached hydrogen (secondary N) is 2. The van der Waals surface area contributed by atoms with Gasteiger partial charge in [0.15, 0.2) is 0 Å². The lowest BCUT2D eigenvalue weighted by Gasteiger charge is -2.09. The maximum Gasteiger partial charge on any atom is 0.421 e.